The Labute approximate surface area is 258 Å². The Balaban J connectivity index is 1.77. The van der Waals surface area contributed by atoms with E-state index in [-0.39, 0.29) is 30.1 Å². The zero-order valence-electron chi connectivity index (χ0n) is 25.1. The van der Waals surface area contributed by atoms with Crippen molar-refractivity contribution in [2.75, 3.05) is 26.1 Å². The van der Waals surface area contributed by atoms with Crippen LogP contribution in [-0.4, -0.2) is 76.7 Å². The fourth-order valence-corrected chi connectivity index (χ4v) is 6.20. The van der Waals surface area contributed by atoms with Crippen molar-refractivity contribution in [2.45, 2.75) is 63.6 Å². The predicted molar refractivity (Wildman–Crippen MR) is 156 cm³/mol. The van der Waals surface area contributed by atoms with Crippen LogP contribution in [0.5, 0.6) is 5.75 Å². The van der Waals surface area contributed by atoms with E-state index in [2.05, 4.69) is 15.2 Å². The van der Waals surface area contributed by atoms with Gasteiger partial charge in [0.15, 0.2) is 23.6 Å². The van der Waals surface area contributed by atoms with Crippen LogP contribution in [0.3, 0.4) is 0 Å². The van der Waals surface area contributed by atoms with Crippen molar-refractivity contribution in [3.63, 3.8) is 0 Å². The minimum Gasteiger partial charge on any atom is -0.468 e. The van der Waals surface area contributed by atoms with Gasteiger partial charge in [-0.1, -0.05) is 32.0 Å². The number of nitrogens with two attached hydrogens (primary N) is 1. The summed E-state index contributed by atoms with van der Waals surface area (Å²) in [6.07, 6.45) is -3.25. The van der Waals surface area contributed by atoms with Crippen LogP contribution in [0, 0.1) is 0 Å². The topological polar surface area (TPSA) is 192 Å². The number of anilines is 1. The molecule has 0 amide bonds. The van der Waals surface area contributed by atoms with E-state index in [9.17, 15) is 18.9 Å². The third-order valence-electron chi connectivity index (χ3n) is 6.96. The molecule has 4 rings (SSSR count). The van der Waals surface area contributed by atoms with Crippen molar-refractivity contribution in [3.05, 3.63) is 54.5 Å². The SMILES string of the molecule is CCC(=O)O[C@H]1[C@H](c2ccc3c(N)ncnn23)O[C@](CF)(COP(=O)(NC(C)C(=O)OC)Oc2ccccc2)[C@H]1OC(=O)CC. The Morgan fingerprint density at radius 3 is 2.47 bits per heavy atom. The Hall–Kier alpha value is -4.11. The number of nitrogen functional groups attached to an aromatic ring is 1. The number of alkyl halides is 1. The molecule has 2 unspecified atom stereocenters. The van der Waals surface area contributed by atoms with E-state index in [1.807, 2.05) is 0 Å². The summed E-state index contributed by atoms with van der Waals surface area (Å²) >= 11 is 0. The van der Waals surface area contributed by atoms with Gasteiger partial charge in [-0.2, -0.15) is 10.2 Å². The number of carbonyl (C=O) groups is 3. The number of fused-ring (bicyclic) bond motifs is 1. The average Bonchev–Trinajstić information content (AvgIpc) is 3.60. The first-order chi connectivity index (χ1) is 21.5. The van der Waals surface area contributed by atoms with Gasteiger partial charge in [-0.3, -0.25) is 18.9 Å². The molecule has 244 valence electrons. The fourth-order valence-electron chi connectivity index (χ4n) is 4.65. The van der Waals surface area contributed by atoms with Gasteiger partial charge in [0.25, 0.3) is 0 Å². The molecule has 1 aliphatic rings. The first-order valence-electron chi connectivity index (χ1n) is 14.1. The van der Waals surface area contributed by atoms with Crippen LogP contribution in [0.25, 0.3) is 5.52 Å². The van der Waals surface area contributed by atoms with Crippen LogP contribution in [-0.2, 0) is 42.4 Å². The van der Waals surface area contributed by atoms with E-state index in [0.29, 0.717) is 5.52 Å². The van der Waals surface area contributed by atoms with Crippen LogP contribution >= 0.6 is 7.75 Å². The van der Waals surface area contributed by atoms with Crippen molar-refractivity contribution < 1.29 is 51.3 Å². The maximum atomic E-state index is 15.4. The number of esters is 3. The first-order valence-corrected chi connectivity index (χ1v) is 15.6. The van der Waals surface area contributed by atoms with E-state index in [4.69, 9.17) is 33.7 Å². The fraction of sp³-hybridized carbons (Fsp3) is 0.464. The number of benzene rings is 1. The number of nitrogens with zero attached hydrogens (tertiary/aromatic N) is 3. The number of halogens is 1. The van der Waals surface area contributed by atoms with E-state index in [1.54, 1.807) is 37.3 Å². The molecule has 3 aromatic rings. The van der Waals surface area contributed by atoms with Crippen molar-refractivity contribution in [2.24, 2.45) is 0 Å². The lowest BCUT2D eigenvalue weighted by molar-refractivity contribution is -0.174. The first kappa shape index (κ1) is 33.8. The summed E-state index contributed by atoms with van der Waals surface area (Å²) in [5.74, 6) is -1.99. The smallest absolute Gasteiger partial charge is 0.459 e. The lowest BCUT2D eigenvalue weighted by Gasteiger charge is -2.33. The molecule has 6 atom stereocenters. The van der Waals surface area contributed by atoms with Crippen LogP contribution < -0.4 is 15.3 Å². The van der Waals surface area contributed by atoms with Crippen LogP contribution in [0.2, 0.25) is 0 Å². The number of rotatable bonds is 14. The maximum Gasteiger partial charge on any atom is 0.459 e. The van der Waals surface area contributed by atoms with Crippen molar-refractivity contribution in [1.82, 2.24) is 19.7 Å². The number of ether oxygens (including phenoxy) is 4. The highest BCUT2D eigenvalue weighted by Crippen LogP contribution is 2.50. The summed E-state index contributed by atoms with van der Waals surface area (Å²) in [7, 11) is -3.36. The molecule has 1 fully saturated rings. The summed E-state index contributed by atoms with van der Waals surface area (Å²) in [5.41, 5.74) is 4.45. The van der Waals surface area contributed by atoms with Gasteiger partial charge >= 0.3 is 25.7 Å². The molecule has 1 saturated heterocycles. The molecule has 1 aromatic carbocycles. The Kier molecular flexibility index (Phi) is 10.8. The molecule has 1 aliphatic heterocycles. The lowest BCUT2D eigenvalue weighted by Crippen LogP contribution is -2.52. The van der Waals surface area contributed by atoms with Crippen LogP contribution in [0.15, 0.2) is 48.8 Å². The van der Waals surface area contributed by atoms with E-state index in [0.717, 1.165) is 7.11 Å². The second-order valence-electron chi connectivity index (χ2n) is 10.1. The predicted octanol–water partition coefficient (Wildman–Crippen LogP) is 3.09. The number of carbonyl (C=O) groups excluding carboxylic acids is 3. The van der Waals surface area contributed by atoms with E-state index < -0.39 is 68.9 Å². The highest BCUT2D eigenvalue weighted by molar-refractivity contribution is 7.52. The van der Waals surface area contributed by atoms with Crippen molar-refractivity contribution >= 4 is 37.0 Å². The minimum absolute atomic E-state index is 0.0593. The van der Waals surface area contributed by atoms with E-state index in [1.165, 1.54) is 36.8 Å². The molecule has 0 bridgehead atoms. The average molecular weight is 652 g/mol. The summed E-state index contributed by atoms with van der Waals surface area (Å²) < 4.78 is 64.5. The van der Waals surface area contributed by atoms with Crippen molar-refractivity contribution in [1.29, 1.82) is 0 Å². The number of para-hydroxylation sites is 1. The zero-order chi connectivity index (χ0) is 32.8. The van der Waals surface area contributed by atoms with Gasteiger partial charge < -0.3 is 29.2 Å². The second-order valence-corrected chi connectivity index (χ2v) is 11.8. The van der Waals surface area contributed by atoms with Gasteiger partial charge in [-0.25, -0.2) is 18.5 Å². The summed E-state index contributed by atoms with van der Waals surface area (Å²) in [6.45, 7) is 2.23. The quantitative estimate of drug-likeness (QED) is 0.147. The number of hydrogen-bond donors (Lipinski definition) is 2. The summed E-state index contributed by atoms with van der Waals surface area (Å²) in [4.78, 5) is 41.4. The standard InChI is InChI=1S/C28H35FN5O10P/c1-5-21(35)41-24-23(19-12-13-20-26(30)31-16-32-34(19)20)43-28(14-29,25(24)42-22(36)6-2)15-40-45(38,33-17(3)27(37)39-4)44-18-10-8-7-9-11-18/h7-13,16-17,23-25H,5-6,14-15H2,1-4H3,(H,33,38)(H2,30,31,32)/t17?,23-,24-,25-,28+,45?/m0/s1. The van der Waals surface area contributed by atoms with Gasteiger partial charge in [-0.15, -0.1) is 0 Å². The number of methoxy groups -OCH3 is 1. The molecular weight excluding hydrogens is 616 g/mol. The maximum absolute atomic E-state index is 15.4. The Morgan fingerprint density at radius 1 is 1.13 bits per heavy atom. The van der Waals surface area contributed by atoms with Gasteiger partial charge in [0, 0.05) is 12.8 Å². The zero-order valence-corrected chi connectivity index (χ0v) is 26.0. The molecule has 15 nitrogen and oxygen atoms in total. The highest BCUT2D eigenvalue weighted by atomic mass is 31.2. The number of hydrogen-bond acceptors (Lipinski definition) is 13. The molecule has 45 heavy (non-hydrogen) atoms. The molecule has 3 heterocycles. The van der Waals surface area contributed by atoms with Crippen LogP contribution in [0.4, 0.5) is 10.2 Å². The number of aromatic nitrogens is 3. The molecule has 17 heteroatoms. The summed E-state index contributed by atoms with van der Waals surface area (Å²) in [5, 5.41) is 6.68. The van der Waals surface area contributed by atoms with Gasteiger partial charge in [-0.05, 0) is 31.2 Å². The van der Waals surface area contributed by atoms with Gasteiger partial charge in [0.05, 0.1) is 19.4 Å². The normalized spacial score (nSPS) is 23.2. The minimum atomic E-state index is -4.51. The van der Waals surface area contributed by atoms with Gasteiger partial charge in [0.1, 0.15) is 36.4 Å². The Morgan fingerprint density at radius 2 is 1.82 bits per heavy atom. The molecule has 2 aromatic heterocycles. The van der Waals surface area contributed by atoms with Crippen LogP contribution in [0.1, 0.15) is 45.4 Å². The highest BCUT2D eigenvalue weighted by Gasteiger charge is 2.61. The molecular formula is C28H35FN5O10P. The largest absolute Gasteiger partial charge is 0.468 e. The number of nitrogens with one attached hydrogen (secondary N) is 1. The second kappa shape index (κ2) is 14.3. The molecule has 0 radical (unpaired) electrons. The van der Waals surface area contributed by atoms with E-state index >= 15 is 4.39 Å². The molecule has 3 N–H and O–H groups in total. The third-order valence-corrected chi connectivity index (χ3v) is 8.59. The lowest BCUT2D eigenvalue weighted by atomic mass is 9.95. The molecule has 0 spiro atoms. The molecule has 0 aliphatic carbocycles. The summed E-state index contributed by atoms with van der Waals surface area (Å²) in [6, 6.07) is 9.87. The van der Waals surface area contributed by atoms with Gasteiger partial charge in [0.2, 0.25) is 0 Å². The van der Waals surface area contributed by atoms with Crippen molar-refractivity contribution in [3.8, 4) is 5.75 Å². The Bertz CT molecular complexity index is 1560. The monoisotopic (exact) mass is 651 g/mol. The molecule has 0 saturated carbocycles. The third kappa shape index (κ3) is 7.41.